The number of rotatable bonds is 6. The molecule has 0 aliphatic rings. The van der Waals surface area contributed by atoms with E-state index in [1.807, 2.05) is 6.92 Å². The molecule has 2 heterocycles. The highest BCUT2D eigenvalue weighted by molar-refractivity contribution is 5.87. The summed E-state index contributed by atoms with van der Waals surface area (Å²) in [6, 6.07) is 0.391. The molecular weight excluding hydrogens is 240 g/mol. The van der Waals surface area contributed by atoms with Gasteiger partial charge in [-0.3, -0.25) is 5.10 Å². The van der Waals surface area contributed by atoms with Gasteiger partial charge in [-0.25, -0.2) is 0 Å². The molecule has 1 unspecified atom stereocenters. The van der Waals surface area contributed by atoms with Crippen LogP contribution >= 0.6 is 0 Å². The summed E-state index contributed by atoms with van der Waals surface area (Å²) in [5.74, 6) is 2.01. The topological polar surface area (TPSA) is 78.5 Å². The molecule has 0 radical (unpaired) electrons. The van der Waals surface area contributed by atoms with Crippen molar-refractivity contribution in [3.8, 4) is 0 Å². The van der Waals surface area contributed by atoms with E-state index in [9.17, 15) is 0 Å². The summed E-state index contributed by atoms with van der Waals surface area (Å²) in [4.78, 5) is 8.92. The first-order chi connectivity index (χ1) is 9.15. The van der Waals surface area contributed by atoms with Crippen LogP contribution < -0.4 is 10.6 Å². The Morgan fingerprint density at radius 3 is 2.68 bits per heavy atom. The van der Waals surface area contributed by atoms with Crippen LogP contribution in [0, 0.1) is 5.92 Å². The molecule has 2 aromatic rings. The molecule has 0 spiro atoms. The fraction of sp³-hybridized carbons (Fsp3) is 0.615. The van der Waals surface area contributed by atoms with E-state index in [1.54, 1.807) is 6.20 Å². The number of anilines is 2. The molecule has 0 saturated heterocycles. The summed E-state index contributed by atoms with van der Waals surface area (Å²) >= 11 is 0. The molecule has 0 aliphatic carbocycles. The second kappa shape index (κ2) is 5.86. The van der Waals surface area contributed by atoms with Crippen LogP contribution in [0.5, 0.6) is 0 Å². The van der Waals surface area contributed by atoms with Gasteiger partial charge in [0.1, 0.15) is 5.82 Å². The number of H-pyrrole nitrogens is 1. The average molecular weight is 262 g/mol. The molecule has 0 aliphatic heterocycles. The third kappa shape index (κ3) is 2.94. The largest absolute Gasteiger partial charge is 0.366 e. The Hall–Kier alpha value is -1.85. The van der Waals surface area contributed by atoms with E-state index >= 15 is 0 Å². The van der Waals surface area contributed by atoms with Crippen molar-refractivity contribution in [3.05, 3.63) is 6.20 Å². The molecule has 104 valence electrons. The zero-order chi connectivity index (χ0) is 13.8. The van der Waals surface area contributed by atoms with E-state index < -0.39 is 0 Å². The van der Waals surface area contributed by atoms with Crippen molar-refractivity contribution >= 4 is 22.8 Å². The first-order valence-corrected chi connectivity index (χ1v) is 6.87. The van der Waals surface area contributed by atoms with Gasteiger partial charge in [-0.05, 0) is 19.3 Å². The first-order valence-electron chi connectivity index (χ1n) is 6.87. The van der Waals surface area contributed by atoms with Crippen molar-refractivity contribution in [1.29, 1.82) is 0 Å². The summed E-state index contributed by atoms with van der Waals surface area (Å²) in [5, 5.41) is 14.5. The van der Waals surface area contributed by atoms with Gasteiger partial charge in [0, 0.05) is 12.6 Å². The molecule has 2 aromatic heterocycles. The maximum atomic E-state index is 4.54. The molecule has 1 atom stereocenters. The van der Waals surface area contributed by atoms with Crippen molar-refractivity contribution in [1.82, 2.24) is 20.2 Å². The fourth-order valence-corrected chi connectivity index (χ4v) is 2.10. The van der Waals surface area contributed by atoms with Crippen molar-refractivity contribution < 1.29 is 0 Å². The highest BCUT2D eigenvalue weighted by Crippen LogP contribution is 2.22. The summed E-state index contributed by atoms with van der Waals surface area (Å²) in [5.41, 5.74) is 0.757. The number of aromatic nitrogens is 4. The molecule has 0 aromatic carbocycles. The second-order valence-electron chi connectivity index (χ2n) is 4.96. The minimum absolute atomic E-state index is 0.391. The van der Waals surface area contributed by atoms with Gasteiger partial charge in [0.05, 0.1) is 11.6 Å². The molecule has 0 saturated carbocycles. The Balaban J connectivity index is 2.36. The lowest BCUT2D eigenvalue weighted by Crippen LogP contribution is -2.25. The lowest BCUT2D eigenvalue weighted by atomic mass is 10.0. The van der Waals surface area contributed by atoms with Crippen LogP contribution in [0.2, 0.25) is 0 Å². The van der Waals surface area contributed by atoms with Gasteiger partial charge in [-0.15, -0.1) is 0 Å². The third-order valence-electron chi connectivity index (χ3n) is 3.21. The maximum absolute atomic E-state index is 4.54. The van der Waals surface area contributed by atoms with Crippen molar-refractivity contribution in [2.75, 3.05) is 17.2 Å². The van der Waals surface area contributed by atoms with Gasteiger partial charge in [0.25, 0.3) is 0 Å². The first kappa shape index (κ1) is 13.6. The Morgan fingerprint density at radius 1 is 1.26 bits per heavy atom. The number of hydrogen-bond acceptors (Lipinski definition) is 5. The molecule has 3 N–H and O–H groups in total. The van der Waals surface area contributed by atoms with Crippen LogP contribution in [0.3, 0.4) is 0 Å². The smallest absolute Gasteiger partial charge is 0.226 e. The average Bonchev–Trinajstić information content (AvgIpc) is 2.84. The van der Waals surface area contributed by atoms with E-state index in [4.69, 9.17) is 0 Å². The van der Waals surface area contributed by atoms with Gasteiger partial charge in [-0.1, -0.05) is 20.8 Å². The monoisotopic (exact) mass is 262 g/mol. The number of nitrogens with zero attached hydrogens (tertiary/aromatic N) is 3. The highest BCUT2D eigenvalue weighted by Gasteiger charge is 2.15. The van der Waals surface area contributed by atoms with Gasteiger partial charge < -0.3 is 10.6 Å². The lowest BCUT2D eigenvalue weighted by Gasteiger charge is -2.21. The van der Waals surface area contributed by atoms with Crippen LogP contribution in [0.25, 0.3) is 11.0 Å². The Labute approximate surface area is 113 Å². The minimum atomic E-state index is 0.391. The standard InChI is InChI=1S/C13H22N6/c1-5-10(8(3)4)16-11-9-7-15-19-12(9)18-13(17-11)14-6-2/h7-8,10H,5-6H2,1-4H3,(H3,14,15,16,17,18,19). The summed E-state index contributed by atoms with van der Waals surface area (Å²) in [6.07, 6.45) is 2.82. The van der Waals surface area contributed by atoms with Crippen LogP contribution in [-0.2, 0) is 0 Å². The predicted molar refractivity (Wildman–Crippen MR) is 78.4 cm³/mol. The van der Waals surface area contributed by atoms with Crippen LogP contribution in [-0.4, -0.2) is 32.8 Å². The fourth-order valence-electron chi connectivity index (χ4n) is 2.10. The molecule has 0 bridgehead atoms. The molecular formula is C13H22N6. The van der Waals surface area contributed by atoms with Crippen LogP contribution in [0.15, 0.2) is 6.20 Å². The van der Waals surface area contributed by atoms with Crippen molar-refractivity contribution in [3.63, 3.8) is 0 Å². The zero-order valence-corrected chi connectivity index (χ0v) is 12.0. The molecule has 19 heavy (non-hydrogen) atoms. The van der Waals surface area contributed by atoms with Crippen LogP contribution in [0.1, 0.15) is 34.1 Å². The Morgan fingerprint density at radius 2 is 2.05 bits per heavy atom. The molecule has 6 heteroatoms. The molecule has 0 amide bonds. The van der Waals surface area contributed by atoms with E-state index in [2.05, 4.69) is 51.6 Å². The van der Waals surface area contributed by atoms with E-state index in [0.717, 1.165) is 29.8 Å². The number of aromatic amines is 1. The van der Waals surface area contributed by atoms with Crippen molar-refractivity contribution in [2.24, 2.45) is 5.92 Å². The Kier molecular flexibility index (Phi) is 4.19. The van der Waals surface area contributed by atoms with Gasteiger partial charge in [0.2, 0.25) is 5.95 Å². The van der Waals surface area contributed by atoms with E-state index in [-0.39, 0.29) is 0 Å². The van der Waals surface area contributed by atoms with Gasteiger partial charge in [-0.2, -0.15) is 15.1 Å². The summed E-state index contributed by atoms with van der Waals surface area (Å²) < 4.78 is 0. The number of fused-ring (bicyclic) bond motifs is 1. The minimum Gasteiger partial charge on any atom is -0.366 e. The SMILES string of the molecule is CCNc1nc(NC(CC)C(C)C)c2cn[nH]c2n1. The number of nitrogens with one attached hydrogen (secondary N) is 3. The van der Waals surface area contributed by atoms with E-state index in [1.165, 1.54) is 0 Å². The second-order valence-corrected chi connectivity index (χ2v) is 4.96. The van der Waals surface area contributed by atoms with Gasteiger partial charge >= 0.3 is 0 Å². The van der Waals surface area contributed by atoms with E-state index in [0.29, 0.717) is 17.9 Å². The third-order valence-corrected chi connectivity index (χ3v) is 3.21. The lowest BCUT2D eigenvalue weighted by molar-refractivity contribution is 0.510. The summed E-state index contributed by atoms with van der Waals surface area (Å²) in [7, 11) is 0. The Bertz CT molecular complexity index is 533. The zero-order valence-electron chi connectivity index (χ0n) is 12.0. The predicted octanol–water partition coefficient (Wildman–Crippen LogP) is 2.63. The van der Waals surface area contributed by atoms with Crippen LogP contribution in [0.4, 0.5) is 11.8 Å². The molecule has 6 nitrogen and oxygen atoms in total. The normalized spacial score (nSPS) is 12.9. The van der Waals surface area contributed by atoms with Gasteiger partial charge in [0.15, 0.2) is 5.65 Å². The highest BCUT2D eigenvalue weighted by atomic mass is 15.2. The molecule has 0 fully saturated rings. The quantitative estimate of drug-likeness (QED) is 0.746. The number of hydrogen-bond donors (Lipinski definition) is 3. The molecule has 2 rings (SSSR count). The van der Waals surface area contributed by atoms with Crippen molar-refractivity contribution in [2.45, 2.75) is 40.2 Å². The summed E-state index contributed by atoms with van der Waals surface area (Å²) in [6.45, 7) is 9.41. The maximum Gasteiger partial charge on any atom is 0.226 e.